The Hall–Kier alpha value is -1.04. The molecular weight excluding hydrogens is 194 g/mol. The number of alkyl halides is 2. The monoisotopic (exact) mass is 204 g/mol. The SMILES string of the molecule is CC(F)(F)OCc1noc(C2CC2)n1. The summed E-state index contributed by atoms with van der Waals surface area (Å²) in [5.41, 5.74) is 0. The van der Waals surface area contributed by atoms with Gasteiger partial charge in [0.2, 0.25) is 5.89 Å². The van der Waals surface area contributed by atoms with Crippen molar-refractivity contribution in [3.8, 4) is 0 Å². The third-order valence-corrected chi connectivity index (χ3v) is 1.87. The second-order valence-corrected chi connectivity index (χ2v) is 3.42. The number of ether oxygens (including phenoxy) is 1. The minimum absolute atomic E-state index is 0.174. The van der Waals surface area contributed by atoms with Gasteiger partial charge in [-0.25, -0.2) is 0 Å². The number of rotatable bonds is 4. The summed E-state index contributed by atoms with van der Waals surface area (Å²) in [5.74, 6) is 1.04. The molecule has 0 atom stereocenters. The maximum Gasteiger partial charge on any atom is 0.353 e. The number of halogens is 2. The Kier molecular flexibility index (Phi) is 2.22. The van der Waals surface area contributed by atoms with Gasteiger partial charge in [-0.15, -0.1) is 0 Å². The van der Waals surface area contributed by atoms with Gasteiger partial charge in [0.15, 0.2) is 5.82 Å². The Morgan fingerprint density at radius 1 is 1.57 bits per heavy atom. The van der Waals surface area contributed by atoms with Crippen molar-refractivity contribution in [2.24, 2.45) is 0 Å². The molecule has 78 valence electrons. The molecule has 1 aromatic rings. The molecule has 6 heteroatoms. The minimum Gasteiger partial charge on any atom is -0.339 e. The summed E-state index contributed by atoms with van der Waals surface area (Å²) in [6.07, 6.45) is -1.08. The van der Waals surface area contributed by atoms with E-state index in [4.69, 9.17) is 4.52 Å². The van der Waals surface area contributed by atoms with Crippen LogP contribution in [0.2, 0.25) is 0 Å². The second-order valence-electron chi connectivity index (χ2n) is 3.42. The fourth-order valence-electron chi connectivity index (χ4n) is 1.01. The van der Waals surface area contributed by atoms with Crippen molar-refractivity contribution in [1.29, 1.82) is 0 Å². The molecule has 0 spiro atoms. The predicted octanol–water partition coefficient (Wildman–Crippen LogP) is 2.08. The van der Waals surface area contributed by atoms with Crippen LogP contribution in [-0.2, 0) is 11.3 Å². The molecule has 4 nitrogen and oxygen atoms in total. The quantitative estimate of drug-likeness (QED) is 0.753. The zero-order chi connectivity index (χ0) is 10.2. The van der Waals surface area contributed by atoms with Crippen molar-refractivity contribution in [2.45, 2.75) is 38.4 Å². The van der Waals surface area contributed by atoms with Crippen LogP contribution in [-0.4, -0.2) is 16.2 Å². The highest BCUT2D eigenvalue weighted by Gasteiger charge is 2.30. The molecule has 0 aromatic carbocycles. The summed E-state index contributed by atoms with van der Waals surface area (Å²) in [7, 11) is 0. The van der Waals surface area contributed by atoms with Gasteiger partial charge in [0.05, 0.1) is 0 Å². The largest absolute Gasteiger partial charge is 0.353 e. The van der Waals surface area contributed by atoms with Crippen molar-refractivity contribution in [3.05, 3.63) is 11.7 Å². The zero-order valence-electron chi connectivity index (χ0n) is 7.67. The summed E-state index contributed by atoms with van der Waals surface area (Å²) in [5, 5.41) is 3.54. The maximum absolute atomic E-state index is 12.3. The van der Waals surface area contributed by atoms with Gasteiger partial charge in [-0.3, -0.25) is 0 Å². The molecule has 0 amide bonds. The summed E-state index contributed by atoms with van der Waals surface area (Å²) in [6.45, 7) is 0.356. The third kappa shape index (κ3) is 2.47. The molecule has 0 radical (unpaired) electrons. The third-order valence-electron chi connectivity index (χ3n) is 1.87. The first kappa shape index (κ1) is 9.51. The van der Waals surface area contributed by atoms with Crippen LogP contribution in [0.25, 0.3) is 0 Å². The molecular formula is C8H10F2N2O2. The summed E-state index contributed by atoms with van der Waals surface area (Å²) >= 11 is 0. The lowest BCUT2D eigenvalue weighted by molar-refractivity contribution is -0.232. The van der Waals surface area contributed by atoms with Crippen molar-refractivity contribution < 1.29 is 18.0 Å². The van der Waals surface area contributed by atoms with Crippen LogP contribution in [0.5, 0.6) is 0 Å². The molecule has 1 heterocycles. The Morgan fingerprint density at radius 2 is 2.29 bits per heavy atom. The molecule has 0 N–H and O–H groups in total. The van der Waals surface area contributed by atoms with Gasteiger partial charge in [-0.1, -0.05) is 5.16 Å². The van der Waals surface area contributed by atoms with E-state index in [2.05, 4.69) is 14.9 Å². The highest BCUT2D eigenvalue weighted by Crippen LogP contribution is 2.38. The number of nitrogens with zero attached hydrogens (tertiary/aromatic N) is 2. The van der Waals surface area contributed by atoms with E-state index in [1.165, 1.54) is 0 Å². The Balaban J connectivity index is 1.90. The van der Waals surface area contributed by atoms with Crippen LogP contribution in [0.4, 0.5) is 8.78 Å². The van der Waals surface area contributed by atoms with Crippen LogP contribution < -0.4 is 0 Å². The molecule has 0 bridgehead atoms. The maximum atomic E-state index is 12.3. The van der Waals surface area contributed by atoms with Crippen LogP contribution in [0.15, 0.2) is 4.52 Å². The Bertz CT molecular complexity index is 317. The van der Waals surface area contributed by atoms with E-state index in [-0.39, 0.29) is 12.4 Å². The lowest BCUT2D eigenvalue weighted by Crippen LogP contribution is -2.15. The highest BCUT2D eigenvalue weighted by molar-refractivity contribution is 5.01. The predicted molar refractivity (Wildman–Crippen MR) is 41.7 cm³/mol. The van der Waals surface area contributed by atoms with Gasteiger partial charge >= 0.3 is 6.11 Å². The van der Waals surface area contributed by atoms with Crippen molar-refractivity contribution in [1.82, 2.24) is 10.1 Å². The van der Waals surface area contributed by atoms with Crippen LogP contribution in [0, 0.1) is 0 Å². The van der Waals surface area contributed by atoms with Gasteiger partial charge in [-0.2, -0.15) is 13.8 Å². The lowest BCUT2D eigenvalue weighted by atomic mass is 10.4. The van der Waals surface area contributed by atoms with Gasteiger partial charge < -0.3 is 9.26 Å². The lowest BCUT2D eigenvalue weighted by Gasteiger charge is -2.08. The van der Waals surface area contributed by atoms with E-state index >= 15 is 0 Å². The number of hydrogen-bond donors (Lipinski definition) is 0. The first-order chi connectivity index (χ1) is 6.54. The smallest absolute Gasteiger partial charge is 0.339 e. The highest BCUT2D eigenvalue weighted by atomic mass is 19.3. The normalized spacial score (nSPS) is 17.4. The van der Waals surface area contributed by atoms with E-state index < -0.39 is 6.11 Å². The molecule has 1 aromatic heterocycles. The standard InChI is InChI=1S/C8H10F2N2O2/c1-8(9,10)13-4-6-11-7(14-12-6)5-2-3-5/h5H,2-4H2,1H3. The number of hydrogen-bond acceptors (Lipinski definition) is 4. The van der Waals surface area contributed by atoms with E-state index in [1.54, 1.807) is 0 Å². The average Bonchev–Trinajstić information content (AvgIpc) is 2.81. The molecule has 0 aliphatic heterocycles. The minimum atomic E-state index is -3.15. The molecule has 2 rings (SSSR count). The molecule has 1 aliphatic rings. The van der Waals surface area contributed by atoms with E-state index in [0.717, 1.165) is 12.8 Å². The first-order valence-corrected chi connectivity index (χ1v) is 4.39. The van der Waals surface area contributed by atoms with Crippen LogP contribution in [0.3, 0.4) is 0 Å². The van der Waals surface area contributed by atoms with E-state index in [9.17, 15) is 8.78 Å². The molecule has 1 aliphatic carbocycles. The van der Waals surface area contributed by atoms with Crippen molar-refractivity contribution in [2.75, 3.05) is 0 Å². The topological polar surface area (TPSA) is 48.2 Å². The molecule has 1 saturated carbocycles. The van der Waals surface area contributed by atoms with Gasteiger partial charge in [0, 0.05) is 12.8 Å². The summed E-state index contributed by atoms with van der Waals surface area (Å²) in [6, 6.07) is 0. The Morgan fingerprint density at radius 3 is 2.86 bits per heavy atom. The fraction of sp³-hybridized carbons (Fsp3) is 0.750. The second kappa shape index (κ2) is 3.27. The van der Waals surface area contributed by atoms with Gasteiger partial charge in [0.1, 0.15) is 6.61 Å². The average molecular weight is 204 g/mol. The van der Waals surface area contributed by atoms with Crippen molar-refractivity contribution in [3.63, 3.8) is 0 Å². The van der Waals surface area contributed by atoms with Crippen molar-refractivity contribution >= 4 is 0 Å². The van der Waals surface area contributed by atoms with Gasteiger partial charge in [-0.05, 0) is 12.8 Å². The van der Waals surface area contributed by atoms with E-state index in [0.29, 0.717) is 18.7 Å². The first-order valence-electron chi connectivity index (χ1n) is 4.39. The molecule has 0 saturated heterocycles. The zero-order valence-corrected chi connectivity index (χ0v) is 7.67. The number of aromatic nitrogens is 2. The summed E-state index contributed by atoms with van der Waals surface area (Å²) in [4.78, 5) is 3.94. The fourth-order valence-corrected chi connectivity index (χ4v) is 1.01. The molecule has 14 heavy (non-hydrogen) atoms. The van der Waals surface area contributed by atoms with E-state index in [1.807, 2.05) is 0 Å². The molecule has 0 unspecified atom stereocenters. The van der Waals surface area contributed by atoms with Crippen LogP contribution in [0.1, 0.15) is 37.4 Å². The van der Waals surface area contributed by atoms with Crippen LogP contribution >= 0.6 is 0 Å². The summed E-state index contributed by atoms with van der Waals surface area (Å²) < 4.78 is 33.6. The van der Waals surface area contributed by atoms with Gasteiger partial charge in [0.25, 0.3) is 0 Å². The Labute approximate surface area is 79.2 Å². The molecule has 1 fully saturated rings.